The molecule has 1 aromatic heterocycles. The van der Waals surface area contributed by atoms with Crippen molar-refractivity contribution in [1.82, 2.24) is 14.6 Å². The molecule has 2 heterocycles. The van der Waals surface area contributed by atoms with Gasteiger partial charge in [0.1, 0.15) is 0 Å². The summed E-state index contributed by atoms with van der Waals surface area (Å²) in [5, 5.41) is 4.89. The number of benzene rings is 1. The summed E-state index contributed by atoms with van der Waals surface area (Å²) in [4.78, 5) is 4.28. The number of halogens is 1. The minimum Gasteiger partial charge on any atom is -0.315 e. The predicted octanol–water partition coefficient (Wildman–Crippen LogP) is 2.26. The van der Waals surface area contributed by atoms with Crippen molar-refractivity contribution in [3.8, 4) is 0 Å². The highest BCUT2D eigenvalue weighted by Crippen LogP contribution is 2.31. The lowest BCUT2D eigenvalue weighted by Gasteiger charge is -2.26. The van der Waals surface area contributed by atoms with Gasteiger partial charge in [-0.2, -0.15) is 4.31 Å². The topological polar surface area (TPSA) is 62.3 Å². The Labute approximate surface area is 135 Å². The van der Waals surface area contributed by atoms with Crippen LogP contribution in [0.3, 0.4) is 0 Å². The fraction of sp³-hybridized carbons (Fsp3) is 0.400. The number of pyridine rings is 1. The highest BCUT2D eigenvalue weighted by Gasteiger charge is 2.31. The van der Waals surface area contributed by atoms with Crippen molar-refractivity contribution >= 4 is 32.4 Å². The van der Waals surface area contributed by atoms with Crippen LogP contribution in [0.2, 0.25) is 5.02 Å². The third kappa shape index (κ3) is 2.72. The number of aromatic nitrogens is 1. The molecule has 2 aromatic rings. The second-order valence-corrected chi connectivity index (χ2v) is 7.76. The average molecular weight is 340 g/mol. The van der Waals surface area contributed by atoms with Crippen molar-refractivity contribution in [1.29, 1.82) is 0 Å². The summed E-state index contributed by atoms with van der Waals surface area (Å²) in [5.74, 6) is 0. The number of hydrogen-bond acceptors (Lipinski definition) is 4. The zero-order valence-corrected chi connectivity index (χ0v) is 13.9. The monoisotopic (exact) mass is 339 g/mol. The van der Waals surface area contributed by atoms with Gasteiger partial charge in [-0.25, -0.2) is 8.42 Å². The van der Waals surface area contributed by atoms with Gasteiger partial charge in [0.25, 0.3) is 0 Å². The summed E-state index contributed by atoms with van der Waals surface area (Å²) in [6.45, 7) is 3.91. The molecule has 0 aliphatic carbocycles. The normalized spacial score (nSPS) is 20.9. The molecule has 3 rings (SSSR count). The molecule has 1 N–H and O–H groups in total. The Morgan fingerprint density at radius 3 is 3.00 bits per heavy atom. The second-order valence-electron chi connectivity index (χ2n) is 5.50. The summed E-state index contributed by atoms with van der Waals surface area (Å²) in [6, 6.07) is 5.08. The lowest BCUT2D eigenvalue weighted by atomic mass is 10.2. The predicted molar refractivity (Wildman–Crippen MR) is 87.6 cm³/mol. The Morgan fingerprint density at radius 2 is 2.18 bits per heavy atom. The van der Waals surface area contributed by atoms with E-state index >= 15 is 0 Å². The molecule has 0 bridgehead atoms. The van der Waals surface area contributed by atoms with Gasteiger partial charge >= 0.3 is 0 Å². The van der Waals surface area contributed by atoms with Crippen LogP contribution in [-0.2, 0) is 10.0 Å². The zero-order chi connectivity index (χ0) is 15.7. The molecule has 1 aliphatic heterocycles. The Hall–Kier alpha value is -1.21. The molecule has 0 spiro atoms. The van der Waals surface area contributed by atoms with E-state index < -0.39 is 10.0 Å². The third-order valence-corrected chi connectivity index (χ3v) is 6.29. The second kappa shape index (κ2) is 6.12. The first-order valence-electron chi connectivity index (χ1n) is 7.26. The standard InChI is InChI=1S/C15H18ClN3O2S/c1-11-8-17-6-3-7-19(11)22(20,21)14-5-2-4-12-9-18-10-13(16)15(12)14/h2,4-5,9-11,17H,3,6-8H2,1H3/t11-/m0/s1. The smallest absolute Gasteiger partial charge is 0.244 e. The van der Waals surface area contributed by atoms with Crippen LogP contribution in [0, 0.1) is 0 Å². The van der Waals surface area contributed by atoms with E-state index in [1.807, 2.05) is 13.0 Å². The van der Waals surface area contributed by atoms with Gasteiger partial charge in [-0.05, 0) is 26.0 Å². The molecule has 7 heteroatoms. The highest BCUT2D eigenvalue weighted by atomic mass is 35.5. The molecule has 0 radical (unpaired) electrons. The quantitative estimate of drug-likeness (QED) is 0.911. The van der Waals surface area contributed by atoms with Gasteiger partial charge in [0.15, 0.2) is 0 Å². The Balaban J connectivity index is 2.17. The Bertz CT molecular complexity index is 789. The molecule has 22 heavy (non-hydrogen) atoms. The minimum atomic E-state index is -3.60. The van der Waals surface area contributed by atoms with Crippen LogP contribution in [-0.4, -0.2) is 43.4 Å². The van der Waals surface area contributed by atoms with Crippen molar-refractivity contribution in [3.63, 3.8) is 0 Å². The van der Waals surface area contributed by atoms with Crippen LogP contribution in [0.4, 0.5) is 0 Å². The van der Waals surface area contributed by atoms with Gasteiger partial charge in [-0.3, -0.25) is 4.98 Å². The van der Waals surface area contributed by atoms with E-state index in [0.29, 0.717) is 23.5 Å². The van der Waals surface area contributed by atoms with E-state index in [1.54, 1.807) is 22.6 Å². The van der Waals surface area contributed by atoms with E-state index in [1.165, 1.54) is 6.20 Å². The van der Waals surface area contributed by atoms with E-state index in [0.717, 1.165) is 18.4 Å². The van der Waals surface area contributed by atoms with Crippen LogP contribution in [0.25, 0.3) is 10.8 Å². The van der Waals surface area contributed by atoms with Gasteiger partial charge < -0.3 is 5.32 Å². The third-order valence-electron chi connectivity index (χ3n) is 3.95. The molecule has 118 valence electrons. The van der Waals surface area contributed by atoms with Crippen molar-refractivity contribution in [3.05, 3.63) is 35.6 Å². The van der Waals surface area contributed by atoms with Crippen LogP contribution >= 0.6 is 11.6 Å². The van der Waals surface area contributed by atoms with Crippen molar-refractivity contribution in [2.24, 2.45) is 0 Å². The fourth-order valence-corrected chi connectivity index (χ4v) is 5.08. The summed E-state index contributed by atoms with van der Waals surface area (Å²) < 4.78 is 27.8. The molecule has 0 unspecified atom stereocenters. The minimum absolute atomic E-state index is 0.0941. The molecular formula is C15H18ClN3O2S. The molecule has 1 aliphatic rings. The number of nitrogens with zero attached hydrogens (tertiary/aromatic N) is 2. The highest BCUT2D eigenvalue weighted by molar-refractivity contribution is 7.89. The molecule has 5 nitrogen and oxygen atoms in total. The largest absolute Gasteiger partial charge is 0.315 e. The van der Waals surface area contributed by atoms with Gasteiger partial charge in [0.05, 0.1) is 9.92 Å². The molecule has 0 saturated carbocycles. The molecule has 1 saturated heterocycles. The summed E-state index contributed by atoms with van der Waals surface area (Å²) in [5.41, 5.74) is 0. The van der Waals surface area contributed by atoms with Gasteiger partial charge in [0, 0.05) is 42.3 Å². The van der Waals surface area contributed by atoms with E-state index in [2.05, 4.69) is 10.3 Å². The van der Waals surface area contributed by atoms with E-state index in [9.17, 15) is 8.42 Å². The molecular weight excluding hydrogens is 322 g/mol. The van der Waals surface area contributed by atoms with Crippen LogP contribution in [0.1, 0.15) is 13.3 Å². The Kier molecular flexibility index (Phi) is 4.36. The molecule has 1 fully saturated rings. The first kappa shape index (κ1) is 15.7. The van der Waals surface area contributed by atoms with Gasteiger partial charge in [-0.1, -0.05) is 23.7 Å². The van der Waals surface area contributed by atoms with Gasteiger partial charge in [-0.15, -0.1) is 0 Å². The zero-order valence-electron chi connectivity index (χ0n) is 12.3. The lowest BCUT2D eigenvalue weighted by molar-refractivity contribution is 0.354. The molecule has 0 amide bonds. The number of fused-ring (bicyclic) bond motifs is 1. The molecule has 1 aromatic carbocycles. The van der Waals surface area contributed by atoms with Crippen LogP contribution in [0.15, 0.2) is 35.5 Å². The maximum Gasteiger partial charge on any atom is 0.244 e. The summed E-state index contributed by atoms with van der Waals surface area (Å²) >= 11 is 6.22. The lowest BCUT2D eigenvalue weighted by Crippen LogP contribution is -2.41. The number of nitrogens with one attached hydrogen (secondary N) is 1. The van der Waals surface area contributed by atoms with Crippen molar-refractivity contribution in [2.45, 2.75) is 24.3 Å². The maximum atomic E-state index is 13.1. The fourth-order valence-electron chi connectivity index (χ4n) is 2.85. The number of hydrogen-bond donors (Lipinski definition) is 1. The number of sulfonamides is 1. The molecule has 1 atom stereocenters. The maximum absolute atomic E-state index is 13.1. The first-order valence-corrected chi connectivity index (χ1v) is 9.08. The van der Waals surface area contributed by atoms with E-state index in [-0.39, 0.29) is 10.9 Å². The van der Waals surface area contributed by atoms with Crippen LogP contribution in [0.5, 0.6) is 0 Å². The van der Waals surface area contributed by atoms with E-state index in [4.69, 9.17) is 11.6 Å². The van der Waals surface area contributed by atoms with Crippen molar-refractivity contribution in [2.75, 3.05) is 19.6 Å². The Morgan fingerprint density at radius 1 is 1.36 bits per heavy atom. The number of rotatable bonds is 2. The van der Waals surface area contributed by atoms with Crippen LogP contribution < -0.4 is 5.32 Å². The first-order chi connectivity index (χ1) is 10.5. The van der Waals surface area contributed by atoms with Gasteiger partial charge in [0.2, 0.25) is 10.0 Å². The average Bonchev–Trinajstić information content (AvgIpc) is 2.72. The summed E-state index contributed by atoms with van der Waals surface area (Å²) in [7, 11) is -3.60. The van der Waals surface area contributed by atoms with Crippen molar-refractivity contribution < 1.29 is 8.42 Å². The SMILES string of the molecule is C[C@H]1CNCCCN1S(=O)(=O)c1cccc2cncc(Cl)c12. The summed E-state index contributed by atoms with van der Waals surface area (Å²) in [6.07, 6.45) is 3.91.